The predicted molar refractivity (Wildman–Crippen MR) is 65.1 cm³/mol. The number of rotatable bonds is 5. The van der Waals surface area contributed by atoms with Gasteiger partial charge in [-0.15, -0.1) is 11.8 Å². The first-order valence-electron chi connectivity index (χ1n) is 4.48. The van der Waals surface area contributed by atoms with Crippen LogP contribution in [0.4, 0.5) is 0 Å². The van der Waals surface area contributed by atoms with Gasteiger partial charge in [0.05, 0.1) is 0 Å². The van der Waals surface area contributed by atoms with Crippen molar-refractivity contribution < 1.29 is 9.90 Å². The van der Waals surface area contributed by atoms with Gasteiger partial charge in [0.25, 0.3) is 0 Å². The molecule has 0 saturated carbocycles. The summed E-state index contributed by atoms with van der Waals surface area (Å²) in [6.07, 6.45) is 0.482. The van der Waals surface area contributed by atoms with E-state index in [2.05, 4.69) is 15.9 Å². The number of halogens is 1. The normalized spacial score (nSPS) is 12.4. The molecule has 0 radical (unpaired) electrons. The molecule has 1 atom stereocenters. The van der Waals surface area contributed by atoms with E-state index in [9.17, 15) is 4.79 Å². The Kier molecular flexibility index (Phi) is 5.14. The Morgan fingerprint density at radius 1 is 1.47 bits per heavy atom. The first kappa shape index (κ1) is 12.5. The fourth-order valence-corrected chi connectivity index (χ4v) is 2.30. The minimum Gasteiger partial charge on any atom is -0.480 e. The van der Waals surface area contributed by atoms with Gasteiger partial charge >= 0.3 is 5.97 Å². The van der Waals surface area contributed by atoms with E-state index in [4.69, 9.17) is 10.8 Å². The second kappa shape index (κ2) is 6.15. The van der Waals surface area contributed by atoms with Crippen LogP contribution in [-0.2, 0) is 4.79 Å². The number of hydrogen-bond acceptors (Lipinski definition) is 3. The van der Waals surface area contributed by atoms with Crippen LogP contribution < -0.4 is 5.73 Å². The average Bonchev–Trinajstić information content (AvgIpc) is 2.20. The smallest absolute Gasteiger partial charge is 0.317 e. The third-order valence-electron chi connectivity index (χ3n) is 1.80. The van der Waals surface area contributed by atoms with Crippen molar-refractivity contribution in [1.29, 1.82) is 0 Å². The van der Waals surface area contributed by atoms with Crippen molar-refractivity contribution in [1.82, 2.24) is 0 Å². The number of benzene rings is 1. The van der Waals surface area contributed by atoms with Gasteiger partial charge in [0.1, 0.15) is 5.25 Å². The molecule has 1 aromatic rings. The summed E-state index contributed by atoms with van der Waals surface area (Å²) in [6.45, 7) is 0.389. The lowest BCUT2D eigenvalue weighted by Crippen LogP contribution is -2.20. The van der Waals surface area contributed by atoms with Crippen LogP contribution in [0.1, 0.15) is 6.42 Å². The zero-order valence-corrected chi connectivity index (χ0v) is 10.4. The summed E-state index contributed by atoms with van der Waals surface area (Å²) in [5.41, 5.74) is 5.36. The van der Waals surface area contributed by atoms with Gasteiger partial charge < -0.3 is 10.8 Å². The summed E-state index contributed by atoms with van der Waals surface area (Å²) in [5, 5.41) is 8.47. The Morgan fingerprint density at radius 3 is 2.53 bits per heavy atom. The van der Waals surface area contributed by atoms with Gasteiger partial charge in [-0.05, 0) is 37.2 Å². The van der Waals surface area contributed by atoms with E-state index >= 15 is 0 Å². The fraction of sp³-hybridized carbons (Fsp3) is 0.300. The van der Waals surface area contributed by atoms with Gasteiger partial charge in [0, 0.05) is 9.37 Å². The molecular formula is C10H12BrNO2S. The summed E-state index contributed by atoms with van der Waals surface area (Å²) in [7, 11) is 0. The van der Waals surface area contributed by atoms with E-state index in [0.29, 0.717) is 13.0 Å². The number of hydrogen-bond donors (Lipinski definition) is 2. The van der Waals surface area contributed by atoms with Crippen LogP contribution in [0.5, 0.6) is 0 Å². The molecule has 0 heterocycles. The van der Waals surface area contributed by atoms with Gasteiger partial charge in [-0.2, -0.15) is 0 Å². The Labute approximate surface area is 101 Å². The lowest BCUT2D eigenvalue weighted by atomic mass is 10.3. The van der Waals surface area contributed by atoms with Crippen LogP contribution in [-0.4, -0.2) is 22.9 Å². The molecule has 15 heavy (non-hydrogen) atoms. The second-order valence-electron chi connectivity index (χ2n) is 2.98. The summed E-state index contributed by atoms with van der Waals surface area (Å²) >= 11 is 4.66. The van der Waals surface area contributed by atoms with E-state index < -0.39 is 11.2 Å². The van der Waals surface area contributed by atoms with E-state index in [1.165, 1.54) is 11.8 Å². The molecule has 3 nitrogen and oxygen atoms in total. The lowest BCUT2D eigenvalue weighted by molar-refractivity contribution is -0.136. The molecule has 3 N–H and O–H groups in total. The van der Waals surface area contributed by atoms with Crippen LogP contribution in [0.2, 0.25) is 0 Å². The van der Waals surface area contributed by atoms with Gasteiger partial charge in [-0.3, -0.25) is 4.79 Å². The molecule has 1 unspecified atom stereocenters. The highest BCUT2D eigenvalue weighted by atomic mass is 79.9. The SMILES string of the molecule is NCCC(Sc1ccc(Br)cc1)C(=O)O. The van der Waals surface area contributed by atoms with E-state index in [0.717, 1.165) is 9.37 Å². The quantitative estimate of drug-likeness (QED) is 0.817. The summed E-state index contributed by atoms with van der Waals surface area (Å²) < 4.78 is 0.984. The van der Waals surface area contributed by atoms with E-state index in [1.54, 1.807) is 0 Å². The highest BCUT2D eigenvalue weighted by Gasteiger charge is 2.17. The van der Waals surface area contributed by atoms with Crippen LogP contribution in [0.15, 0.2) is 33.6 Å². The molecule has 0 spiro atoms. The summed E-state index contributed by atoms with van der Waals surface area (Å²) in [6, 6.07) is 7.57. The predicted octanol–water partition coefficient (Wildman–Crippen LogP) is 2.34. The number of carboxylic acids is 1. The van der Waals surface area contributed by atoms with Gasteiger partial charge in [0.2, 0.25) is 0 Å². The third-order valence-corrected chi connectivity index (χ3v) is 3.59. The van der Waals surface area contributed by atoms with E-state index in [1.807, 2.05) is 24.3 Å². The number of nitrogens with two attached hydrogens (primary N) is 1. The molecular weight excluding hydrogens is 278 g/mol. The number of carbonyl (C=O) groups is 1. The molecule has 0 aliphatic heterocycles. The summed E-state index contributed by atoms with van der Waals surface area (Å²) in [5.74, 6) is -0.812. The molecule has 0 aliphatic rings. The van der Waals surface area contributed by atoms with Gasteiger partial charge in [0.15, 0.2) is 0 Å². The molecule has 0 aliphatic carbocycles. The molecule has 82 valence electrons. The van der Waals surface area contributed by atoms with Crippen molar-refractivity contribution in [3.63, 3.8) is 0 Å². The molecule has 1 rings (SSSR count). The van der Waals surface area contributed by atoms with Crippen molar-refractivity contribution in [3.05, 3.63) is 28.7 Å². The minimum atomic E-state index is -0.812. The molecule has 0 fully saturated rings. The first-order chi connectivity index (χ1) is 7.13. The summed E-state index contributed by atoms with van der Waals surface area (Å²) in [4.78, 5) is 11.8. The van der Waals surface area contributed by atoms with E-state index in [-0.39, 0.29) is 0 Å². The topological polar surface area (TPSA) is 63.3 Å². The molecule has 0 bridgehead atoms. The maximum absolute atomic E-state index is 10.9. The van der Waals surface area contributed by atoms with Crippen molar-refractivity contribution in [2.45, 2.75) is 16.6 Å². The maximum Gasteiger partial charge on any atom is 0.317 e. The van der Waals surface area contributed by atoms with Gasteiger partial charge in [-0.25, -0.2) is 0 Å². The van der Waals surface area contributed by atoms with Crippen molar-refractivity contribution >= 4 is 33.7 Å². The standard InChI is InChI=1S/C10H12BrNO2S/c11-7-1-3-8(4-2-7)15-9(5-6-12)10(13)14/h1-4,9H,5-6,12H2,(H,13,14). The van der Waals surface area contributed by atoms with Crippen molar-refractivity contribution in [2.75, 3.05) is 6.54 Å². The maximum atomic E-state index is 10.9. The average molecular weight is 290 g/mol. The monoisotopic (exact) mass is 289 g/mol. The minimum absolute atomic E-state index is 0.389. The largest absolute Gasteiger partial charge is 0.480 e. The van der Waals surface area contributed by atoms with Crippen molar-refractivity contribution in [3.8, 4) is 0 Å². The Balaban J connectivity index is 2.65. The molecule has 0 aromatic heterocycles. The van der Waals surface area contributed by atoms with Crippen LogP contribution >= 0.6 is 27.7 Å². The van der Waals surface area contributed by atoms with Crippen LogP contribution in [0.25, 0.3) is 0 Å². The fourth-order valence-electron chi connectivity index (χ4n) is 1.06. The van der Waals surface area contributed by atoms with Crippen LogP contribution in [0.3, 0.4) is 0 Å². The molecule has 5 heteroatoms. The van der Waals surface area contributed by atoms with Gasteiger partial charge in [-0.1, -0.05) is 15.9 Å². The molecule has 0 amide bonds. The Bertz CT molecular complexity index is 329. The zero-order valence-electron chi connectivity index (χ0n) is 8.02. The number of carboxylic acid groups (broad SMARTS) is 1. The van der Waals surface area contributed by atoms with Crippen LogP contribution in [0, 0.1) is 0 Å². The first-order valence-corrected chi connectivity index (χ1v) is 6.16. The third kappa shape index (κ3) is 4.24. The highest BCUT2D eigenvalue weighted by molar-refractivity contribution is 9.10. The van der Waals surface area contributed by atoms with Crippen molar-refractivity contribution in [2.24, 2.45) is 5.73 Å². The molecule has 1 aromatic carbocycles. The molecule has 0 saturated heterocycles. The number of thioether (sulfide) groups is 1. The lowest BCUT2D eigenvalue weighted by Gasteiger charge is -2.10. The Hall–Kier alpha value is -0.520. The second-order valence-corrected chi connectivity index (χ2v) is 5.17. The number of aliphatic carboxylic acids is 1. The Morgan fingerprint density at radius 2 is 2.07 bits per heavy atom. The zero-order chi connectivity index (χ0) is 11.3. The highest BCUT2D eigenvalue weighted by Crippen LogP contribution is 2.26.